The predicted molar refractivity (Wildman–Crippen MR) is 69.7 cm³/mol. The van der Waals surface area contributed by atoms with E-state index in [1.807, 2.05) is 0 Å². The number of likely N-dealkylation sites (tertiary alicyclic amines) is 1. The summed E-state index contributed by atoms with van der Waals surface area (Å²) in [6.07, 6.45) is 6.95. The Labute approximate surface area is 101 Å². The minimum Gasteiger partial charge on any atom is -0.313 e. The van der Waals surface area contributed by atoms with Gasteiger partial charge in [-0.05, 0) is 64.5 Å². The summed E-state index contributed by atoms with van der Waals surface area (Å²) in [6.45, 7) is 10.9. The molecule has 0 amide bonds. The van der Waals surface area contributed by atoms with Crippen LogP contribution in [-0.2, 0) is 0 Å². The van der Waals surface area contributed by atoms with Crippen LogP contribution in [0.3, 0.4) is 0 Å². The highest BCUT2D eigenvalue weighted by Crippen LogP contribution is 2.44. The summed E-state index contributed by atoms with van der Waals surface area (Å²) in [5.74, 6) is 0. The summed E-state index contributed by atoms with van der Waals surface area (Å²) >= 11 is 0. The number of hydrogen-bond donors (Lipinski definition) is 1. The highest BCUT2D eigenvalue weighted by Gasteiger charge is 2.37. The molecule has 2 fully saturated rings. The molecule has 0 aromatic heterocycles. The van der Waals surface area contributed by atoms with E-state index in [0.29, 0.717) is 5.41 Å². The number of nitrogens with one attached hydrogen (secondary N) is 1. The Kier molecular flexibility index (Phi) is 3.91. The van der Waals surface area contributed by atoms with Crippen molar-refractivity contribution in [2.75, 3.05) is 19.6 Å². The minimum atomic E-state index is 0.657. The van der Waals surface area contributed by atoms with Gasteiger partial charge < -0.3 is 10.2 Å². The molecule has 0 bridgehead atoms. The van der Waals surface area contributed by atoms with Crippen LogP contribution in [0.1, 0.15) is 52.9 Å². The summed E-state index contributed by atoms with van der Waals surface area (Å²) < 4.78 is 0. The third-order valence-corrected chi connectivity index (χ3v) is 4.41. The monoisotopic (exact) mass is 224 g/mol. The summed E-state index contributed by atoms with van der Waals surface area (Å²) in [4.78, 5) is 2.63. The fourth-order valence-electron chi connectivity index (χ4n) is 2.62. The normalized spacial score (nSPS) is 30.4. The van der Waals surface area contributed by atoms with E-state index in [1.54, 1.807) is 0 Å². The van der Waals surface area contributed by atoms with Crippen molar-refractivity contribution in [3.05, 3.63) is 0 Å². The maximum atomic E-state index is 3.80. The highest BCUT2D eigenvalue weighted by atomic mass is 15.1. The standard InChI is InChI=1S/C14H28N2/c1-12(2)16-9-4-5-13(6-10-16)15-11-14(3)7-8-14/h12-13,15H,4-11H2,1-3H3. The first-order valence-corrected chi connectivity index (χ1v) is 7.06. The number of nitrogens with zero attached hydrogens (tertiary/aromatic N) is 1. The minimum absolute atomic E-state index is 0.657. The molecular weight excluding hydrogens is 196 g/mol. The Morgan fingerprint density at radius 3 is 2.62 bits per heavy atom. The summed E-state index contributed by atoms with van der Waals surface area (Å²) in [6, 6.07) is 1.50. The van der Waals surface area contributed by atoms with Crippen molar-refractivity contribution in [2.24, 2.45) is 5.41 Å². The molecule has 1 atom stereocenters. The SMILES string of the molecule is CC(C)N1CCCC(NCC2(C)CC2)CC1. The number of rotatable bonds is 4. The van der Waals surface area contributed by atoms with Crippen molar-refractivity contribution in [3.63, 3.8) is 0 Å². The zero-order valence-corrected chi connectivity index (χ0v) is 11.3. The van der Waals surface area contributed by atoms with Crippen LogP contribution in [0.25, 0.3) is 0 Å². The Hall–Kier alpha value is -0.0800. The summed E-state index contributed by atoms with van der Waals surface area (Å²) in [5.41, 5.74) is 0.657. The maximum absolute atomic E-state index is 3.80. The van der Waals surface area contributed by atoms with Crippen LogP contribution >= 0.6 is 0 Å². The fourth-order valence-corrected chi connectivity index (χ4v) is 2.62. The topological polar surface area (TPSA) is 15.3 Å². The van der Waals surface area contributed by atoms with E-state index in [-0.39, 0.29) is 0 Å². The summed E-state index contributed by atoms with van der Waals surface area (Å²) in [7, 11) is 0. The molecule has 0 radical (unpaired) electrons. The van der Waals surface area contributed by atoms with Gasteiger partial charge in [-0.1, -0.05) is 6.92 Å². The van der Waals surface area contributed by atoms with Gasteiger partial charge in [0.05, 0.1) is 0 Å². The molecule has 0 aromatic carbocycles. The lowest BCUT2D eigenvalue weighted by atomic mass is 10.1. The van der Waals surface area contributed by atoms with Gasteiger partial charge in [0.2, 0.25) is 0 Å². The van der Waals surface area contributed by atoms with Crippen LogP contribution < -0.4 is 5.32 Å². The molecule has 94 valence electrons. The van der Waals surface area contributed by atoms with Gasteiger partial charge in [0.15, 0.2) is 0 Å². The first kappa shape index (κ1) is 12.4. The van der Waals surface area contributed by atoms with Gasteiger partial charge in [0.25, 0.3) is 0 Å². The molecule has 1 unspecified atom stereocenters. The van der Waals surface area contributed by atoms with E-state index < -0.39 is 0 Å². The molecule has 1 aliphatic carbocycles. The molecule has 1 saturated carbocycles. The highest BCUT2D eigenvalue weighted by molar-refractivity contribution is 4.91. The molecule has 1 heterocycles. The Bertz CT molecular complexity index is 221. The van der Waals surface area contributed by atoms with E-state index in [9.17, 15) is 0 Å². The van der Waals surface area contributed by atoms with E-state index in [4.69, 9.17) is 0 Å². The van der Waals surface area contributed by atoms with Gasteiger partial charge in [-0.15, -0.1) is 0 Å². The fraction of sp³-hybridized carbons (Fsp3) is 1.00. The molecule has 0 spiro atoms. The molecule has 2 rings (SSSR count). The van der Waals surface area contributed by atoms with E-state index >= 15 is 0 Å². The Balaban J connectivity index is 1.71. The van der Waals surface area contributed by atoms with Gasteiger partial charge in [-0.2, -0.15) is 0 Å². The summed E-state index contributed by atoms with van der Waals surface area (Å²) in [5, 5.41) is 3.80. The van der Waals surface area contributed by atoms with Crippen molar-refractivity contribution in [1.29, 1.82) is 0 Å². The largest absolute Gasteiger partial charge is 0.313 e. The molecular formula is C14H28N2. The molecule has 2 heteroatoms. The van der Waals surface area contributed by atoms with Crippen LogP contribution in [-0.4, -0.2) is 36.6 Å². The van der Waals surface area contributed by atoms with Crippen molar-refractivity contribution in [3.8, 4) is 0 Å². The van der Waals surface area contributed by atoms with Gasteiger partial charge in [-0.3, -0.25) is 0 Å². The molecule has 1 N–H and O–H groups in total. The first-order chi connectivity index (χ1) is 7.59. The quantitative estimate of drug-likeness (QED) is 0.790. The first-order valence-electron chi connectivity index (χ1n) is 7.06. The molecule has 16 heavy (non-hydrogen) atoms. The van der Waals surface area contributed by atoms with Crippen molar-refractivity contribution >= 4 is 0 Å². The second kappa shape index (κ2) is 5.05. The van der Waals surface area contributed by atoms with Gasteiger partial charge in [-0.25, -0.2) is 0 Å². The van der Waals surface area contributed by atoms with Crippen LogP contribution in [0, 0.1) is 5.41 Å². The lowest BCUT2D eigenvalue weighted by Crippen LogP contribution is -2.35. The smallest absolute Gasteiger partial charge is 0.00799 e. The lowest BCUT2D eigenvalue weighted by Gasteiger charge is -2.24. The zero-order chi connectivity index (χ0) is 11.6. The molecule has 2 aliphatic rings. The van der Waals surface area contributed by atoms with Crippen LogP contribution in [0.5, 0.6) is 0 Å². The van der Waals surface area contributed by atoms with E-state index in [2.05, 4.69) is 31.0 Å². The molecule has 0 aromatic rings. The Morgan fingerprint density at radius 2 is 2.00 bits per heavy atom. The second-order valence-electron chi connectivity index (χ2n) is 6.45. The van der Waals surface area contributed by atoms with Gasteiger partial charge >= 0.3 is 0 Å². The third kappa shape index (κ3) is 3.46. The average Bonchev–Trinajstić information content (AvgIpc) is 2.99. The van der Waals surface area contributed by atoms with E-state index in [1.165, 1.54) is 51.7 Å². The second-order valence-corrected chi connectivity index (χ2v) is 6.45. The van der Waals surface area contributed by atoms with Gasteiger partial charge in [0, 0.05) is 18.6 Å². The Morgan fingerprint density at radius 1 is 1.25 bits per heavy atom. The average molecular weight is 224 g/mol. The van der Waals surface area contributed by atoms with Gasteiger partial charge in [0.1, 0.15) is 0 Å². The van der Waals surface area contributed by atoms with Crippen LogP contribution in [0.4, 0.5) is 0 Å². The third-order valence-electron chi connectivity index (χ3n) is 4.41. The molecule has 1 aliphatic heterocycles. The van der Waals surface area contributed by atoms with Crippen LogP contribution in [0.2, 0.25) is 0 Å². The maximum Gasteiger partial charge on any atom is 0.00799 e. The van der Waals surface area contributed by atoms with Crippen molar-refractivity contribution < 1.29 is 0 Å². The lowest BCUT2D eigenvalue weighted by molar-refractivity contribution is 0.228. The molecule has 1 saturated heterocycles. The van der Waals surface area contributed by atoms with Crippen molar-refractivity contribution in [1.82, 2.24) is 10.2 Å². The van der Waals surface area contributed by atoms with E-state index in [0.717, 1.165) is 12.1 Å². The zero-order valence-electron chi connectivity index (χ0n) is 11.3. The van der Waals surface area contributed by atoms with Crippen LogP contribution in [0.15, 0.2) is 0 Å². The number of hydrogen-bond acceptors (Lipinski definition) is 2. The molecule has 2 nitrogen and oxygen atoms in total. The van der Waals surface area contributed by atoms with Crippen molar-refractivity contribution in [2.45, 2.75) is 65.0 Å². The predicted octanol–water partition coefficient (Wildman–Crippen LogP) is 2.64.